The summed E-state index contributed by atoms with van der Waals surface area (Å²) < 4.78 is 4.97. The molecule has 2 heterocycles. The molecule has 1 fully saturated rings. The Morgan fingerprint density at radius 1 is 1.55 bits per heavy atom. The van der Waals surface area contributed by atoms with Crippen LogP contribution in [-0.2, 0) is 11.3 Å². The molecular weight excluding hydrogens is 260 g/mol. The number of carbonyl (C=O) groups excluding carboxylic acids is 1. The Morgan fingerprint density at radius 3 is 2.90 bits per heavy atom. The summed E-state index contributed by atoms with van der Waals surface area (Å²) in [5.74, 6) is -0.596. The molecule has 0 spiro atoms. The van der Waals surface area contributed by atoms with E-state index in [0.29, 0.717) is 25.4 Å². The van der Waals surface area contributed by atoms with Crippen LogP contribution in [0.2, 0.25) is 0 Å². The molecule has 0 radical (unpaired) electrons. The van der Waals surface area contributed by atoms with Crippen LogP contribution < -0.4 is 0 Å². The molecule has 6 nitrogen and oxygen atoms in total. The molecule has 2 unspecified atom stereocenters. The SMILES string of the molecule is CC1CCN(C(=O)N(C)Cc2ccoc2)C(C(=O)O)C1. The van der Waals surface area contributed by atoms with E-state index in [9.17, 15) is 14.7 Å². The monoisotopic (exact) mass is 280 g/mol. The average molecular weight is 280 g/mol. The standard InChI is InChI=1S/C14H20N2O4/c1-10-3-5-16(12(7-10)13(17)18)14(19)15(2)8-11-4-6-20-9-11/h4,6,9-10,12H,3,5,7-8H2,1-2H3,(H,17,18). The van der Waals surface area contributed by atoms with Crippen LogP contribution in [0.15, 0.2) is 23.0 Å². The molecule has 20 heavy (non-hydrogen) atoms. The second-order valence-electron chi connectivity index (χ2n) is 5.45. The van der Waals surface area contributed by atoms with Crippen LogP contribution in [0, 0.1) is 5.92 Å². The van der Waals surface area contributed by atoms with E-state index < -0.39 is 12.0 Å². The van der Waals surface area contributed by atoms with Gasteiger partial charge in [0.25, 0.3) is 0 Å². The molecule has 2 rings (SSSR count). The van der Waals surface area contributed by atoms with E-state index in [1.54, 1.807) is 25.6 Å². The summed E-state index contributed by atoms with van der Waals surface area (Å²) in [7, 11) is 1.67. The summed E-state index contributed by atoms with van der Waals surface area (Å²) in [5, 5.41) is 9.29. The topological polar surface area (TPSA) is 74.0 Å². The predicted molar refractivity (Wildman–Crippen MR) is 72.1 cm³/mol. The lowest BCUT2D eigenvalue weighted by Crippen LogP contribution is -2.53. The van der Waals surface area contributed by atoms with Crippen molar-refractivity contribution >= 4 is 12.0 Å². The molecule has 6 heteroatoms. The van der Waals surface area contributed by atoms with Gasteiger partial charge in [0.1, 0.15) is 6.04 Å². The zero-order chi connectivity index (χ0) is 14.7. The first-order valence-corrected chi connectivity index (χ1v) is 6.74. The smallest absolute Gasteiger partial charge is 0.326 e. The molecular formula is C14H20N2O4. The summed E-state index contributed by atoms with van der Waals surface area (Å²) in [5.41, 5.74) is 0.887. The van der Waals surface area contributed by atoms with Gasteiger partial charge in [0.05, 0.1) is 19.1 Å². The molecule has 1 aromatic rings. The van der Waals surface area contributed by atoms with Crippen LogP contribution in [0.3, 0.4) is 0 Å². The molecule has 1 aliphatic rings. The Kier molecular flexibility index (Phi) is 4.32. The molecule has 1 saturated heterocycles. The molecule has 1 N–H and O–H groups in total. The van der Waals surface area contributed by atoms with Gasteiger partial charge in [-0.05, 0) is 24.8 Å². The van der Waals surface area contributed by atoms with Gasteiger partial charge in [0.2, 0.25) is 0 Å². The van der Waals surface area contributed by atoms with Crippen molar-refractivity contribution < 1.29 is 19.1 Å². The average Bonchev–Trinajstić information content (AvgIpc) is 2.90. The maximum Gasteiger partial charge on any atom is 0.326 e. The summed E-state index contributed by atoms with van der Waals surface area (Å²) >= 11 is 0. The molecule has 0 aliphatic carbocycles. The van der Waals surface area contributed by atoms with Gasteiger partial charge < -0.3 is 19.3 Å². The zero-order valence-corrected chi connectivity index (χ0v) is 11.8. The number of hydrogen-bond donors (Lipinski definition) is 1. The lowest BCUT2D eigenvalue weighted by atomic mass is 9.92. The first-order chi connectivity index (χ1) is 9.49. The highest BCUT2D eigenvalue weighted by atomic mass is 16.4. The van der Waals surface area contributed by atoms with Crippen molar-refractivity contribution in [2.24, 2.45) is 5.92 Å². The molecule has 0 aromatic carbocycles. The van der Waals surface area contributed by atoms with E-state index in [0.717, 1.165) is 12.0 Å². The van der Waals surface area contributed by atoms with Crippen LogP contribution >= 0.6 is 0 Å². The van der Waals surface area contributed by atoms with Gasteiger partial charge in [0, 0.05) is 19.2 Å². The van der Waals surface area contributed by atoms with E-state index in [1.807, 2.05) is 6.92 Å². The minimum Gasteiger partial charge on any atom is -0.480 e. The van der Waals surface area contributed by atoms with Crippen molar-refractivity contribution in [3.8, 4) is 0 Å². The fourth-order valence-electron chi connectivity index (χ4n) is 2.55. The van der Waals surface area contributed by atoms with Crippen molar-refractivity contribution in [2.45, 2.75) is 32.4 Å². The van der Waals surface area contributed by atoms with Crippen molar-refractivity contribution in [2.75, 3.05) is 13.6 Å². The normalized spacial score (nSPS) is 22.6. The number of amides is 2. The Balaban J connectivity index is 2.04. The summed E-state index contributed by atoms with van der Waals surface area (Å²) in [4.78, 5) is 26.7. The number of carboxylic acid groups (broad SMARTS) is 1. The lowest BCUT2D eigenvalue weighted by molar-refractivity contribution is -0.144. The molecule has 110 valence electrons. The van der Waals surface area contributed by atoms with Gasteiger partial charge in [-0.2, -0.15) is 0 Å². The molecule has 1 aliphatic heterocycles. The van der Waals surface area contributed by atoms with Crippen LogP contribution in [0.25, 0.3) is 0 Å². The second kappa shape index (κ2) is 5.98. The van der Waals surface area contributed by atoms with Gasteiger partial charge in [-0.3, -0.25) is 0 Å². The van der Waals surface area contributed by atoms with E-state index in [1.165, 1.54) is 9.80 Å². The number of likely N-dealkylation sites (tertiary alicyclic amines) is 1. The minimum atomic E-state index is -0.929. The van der Waals surface area contributed by atoms with E-state index in [-0.39, 0.29) is 6.03 Å². The molecule has 2 amide bonds. The lowest BCUT2D eigenvalue weighted by Gasteiger charge is -2.38. The van der Waals surface area contributed by atoms with E-state index >= 15 is 0 Å². The maximum absolute atomic E-state index is 12.4. The number of hydrogen-bond acceptors (Lipinski definition) is 3. The Labute approximate surface area is 118 Å². The van der Waals surface area contributed by atoms with Crippen molar-refractivity contribution in [3.05, 3.63) is 24.2 Å². The van der Waals surface area contributed by atoms with E-state index in [4.69, 9.17) is 4.42 Å². The predicted octanol–water partition coefficient (Wildman–Crippen LogP) is 2.02. The number of nitrogens with zero attached hydrogens (tertiary/aromatic N) is 2. The van der Waals surface area contributed by atoms with Crippen molar-refractivity contribution in [1.29, 1.82) is 0 Å². The zero-order valence-electron chi connectivity index (χ0n) is 11.8. The Morgan fingerprint density at radius 2 is 2.30 bits per heavy atom. The van der Waals surface area contributed by atoms with Gasteiger partial charge in [0.15, 0.2) is 0 Å². The number of urea groups is 1. The fraction of sp³-hybridized carbons (Fsp3) is 0.571. The summed E-state index contributed by atoms with van der Waals surface area (Å²) in [6.07, 6.45) is 4.49. The van der Waals surface area contributed by atoms with Crippen molar-refractivity contribution in [3.63, 3.8) is 0 Å². The van der Waals surface area contributed by atoms with E-state index in [2.05, 4.69) is 0 Å². The van der Waals surface area contributed by atoms with Crippen LogP contribution in [0.1, 0.15) is 25.3 Å². The first kappa shape index (κ1) is 14.4. The second-order valence-corrected chi connectivity index (χ2v) is 5.45. The van der Waals surface area contributed by atoms with Gasteiger partial charge >= 0.3 is 12.0 Å². The highest BCUT2D eigenvalue weighted by Crippen LogP contribution is 2.24. The number of piperidine rings is 1. The van der Waals surface area contributed by atoms with Gasteiger partial charge in [-0.1, -0.05) is 6.92 Å². The van der Waals surface area contributed by atoms with Crippen LogP contribution in [0.5, 0.6) is 0 Å². The highest BCUT2D eigenvalue weighted by Gasteiger charge is 2.35. The Bertz CT molecular complexity index is 472. The third kappa shape index (κ3) is 3.12. The van der Waals surface area contributed by atoms with Gasteiger partial charge in [-0.15, -0.1) is 0 Å². The maximum atomic E-state index is 12.4. The minimum absolute atomic E-state index is 0.245. The molecule has 2 atom stereocenters. The van der Waals surface area contributed by atoms with Gasteiger partial charge in [-0.25, -0.2) is 9.59 Å². The summed E-state index contributed by atoms with van der Waals surface area (Å²) in [6, 6.07) is 0.819. The van der Waals surface area contributed by atoms with Crippen LogP contribution in [0.4, 0.5) is 4.79 Å². The molecule has 0 saturated carbocycles. The third-order valence-electron chi connectivity index (χ3n) is 3.72. The highest BCUT2D eigenvalue weighted by molar-refractivity contribution is 5.82. The fourth-order valence-corrected chi connectivity index (χ4v) is 2.55. The number of rotatable bonds is 3. The molecule has 1 aromatic heterocycles. The van der Waals surface area contributed by atoms with Crippen LogP contribution in [-0.4, -0.2) is 46.5 Å². The largest absolute Gasteiger partial charge is 0.480 e. The quantitative estimate of drug-likeness (QED) is 0.919. The number of furan rings is 1. The first-order valence-electron chi connectivity index (χ1n) is 6.74. The van der Waals surface area contributed by atoms with Crippen molar-refractivity contribution in [1.82, 2.24) is 9.80 Å². The number of carboxylic acids is 1. The number of aliphatic carboxylic acids is 1. The number of carbonyl (C=O) groups is 2. The Hall–Kier alpha value is -1.98. The third-order valence-corrected chi connectivity index (χ3v) is 3.72. The molecule has 0 bridgehead atoms. The summed E-state index contributed by atoms with van der Waals surface area (Å²) in [6.45, 7) is 2.92.